The fourth-order valence-corrected chi connectivity index (χ4v) is 2.58. The van der Waals surface area contributed by atoms with Gasteiger partial charge < -0.3 is 0 Å². The molecule has 7 heteroatoms. The molecule has 2 N–H and O–H groups in total. The summed E-state index contributed by atoms with van der Waals surface area (Å²) in [5, 5.41) is 14.0. The minimum atomic E-state index is -0.584. The summed E-state index contributed by atoms with van der Waals surface area (Å²) in [5.74, 6) is -0.785. The maximum absolute atomic E-state index is 12.4. The molecule has 0 radical (unpaired) electrons. The molecule has 0 saturated heterocycles. The van der Waals surface area contributed by atoms with Gasteiger partial charge in [0.25, 0.3) is 11.8 Å². The van der Waals surface area contributed by atoms with Crippen LogP contribution >= 0.6 is 11.8 Å². The van der Waals surface area contributed by atoms with Crippen molar-refractivity contribution in [3.63, 3.8) is 0 Å². The normalized spacial score (nSPS) is 10.6. The SMILES string of the molecule is CSc1ccccc1C(=O)N(C)/N=C/c1ccc(C(=O)NO)cc1. The molecule has 0 spiro atoms. The van der Waals surface area contributed by atoms with Crippen molar-refractivity contribution >= 4 is 29.8 Å². The lowest BCUT2D eigenvalue weighted by molar-refractivity contribution is 0.0706. The molecule has 124 valence electrons. The van der Waals surface area contributed by atoms with E-state index in [0.717, 1.165) is 10.5 Å². The Balaban J connectivity index is 2.10. The van der Waals surface area contributed by atoms with Gasteiger partial charge in [0.2, 0.25) is 0 Å². The third kappa shape index (κ3) is 4.21. The Bertz CT molecular complexity index is 760. The monoisotopic (exact) mass is 343 g/mol. The van der Waals surface area contributed by atoms with Gasteiger partial charge in [-0.25, -0.2) is 10.5 Å². The molecule has 0 atom stereocenters. The minimum Gasteiger partial charge on any atom is -0.288 e. The maximum atomic E-state index is 12.4. The average molecular weight is 343 g/mol. The first kappa shape index (κ1) is 17.7. The zero-order chi connectivity index (χ0) is 17.5. The number of hydrogen-bond donors (Lipinski definition) is 2. The molecule has 0 unspecified atom stereocenters. The first-order chi connectivity index (χ1) is 11.6. The first-order valence-electron chi connectivity index (χ1n) is 7.06. The second-order valence-electron chi connectivity index (χ2n) is 4.84. The Morgan fingerprint density at radius 3 is 2.46 bits per heavy atom. The molecule has 0 fully saturated rings. The van der Waals surface area contributed by atoms with Crippen molar-refractivity contribution in [3.05, 3.63) is 65.2 Å². The van der Waals surface area contributed by atoms with Crippen LogP contribution in [0.2, 0.25) is 0 Å². The third-order valence-electron chi connectivity index (χ3n) is 3.29. The number of nitrogens with one attached hydrogen (secondary N) is 1. The van der Waals surface area contributed by atoms with Crippen LogP contribution in [0.25, 0.3) is 0 Å². The highest BCUT2D eigenvalue weighted by molar-refractivity contribution is 7.98. The Kier molecular flexibility index (Phi) is 6.11. The highest BCUT2D eigenvalue weighted by Crippen LogP contribution is 2.21. The molecule has 0 bridgehead atoms. The Labute approximate surface area is 144 Å². The smallest absolute Gasteiger partial charge is 0.274 e. The van der Waals surface area contributed by atoms with Crippen LogP contribution in [-0.2, 0) is 0 Å². The van der Waals surface area contributed by atoms with Gasteiger partial charge in [0, 0.05) is 17.5 Å². The summed E-state index contributed by atoms with van der Waals surface area (Å²) in [4.78, 5) is 24.6. The lowest BCUT2D eigenvalue weighted by Crippen LogP contribution is -2.22. The fraction of sp³-hybridized carbons (Fsp3) is 0.118. The summed E-state index contributed by atoms with van der Waals surface area (Å²) in [6, 6.07) is 13.8. The highest BCUT2D eigenvalue weighted by atomic mass is 32.2. The van der Waals surface area contributed by atoms with E-state index in [-0.39, 0.29) is 5.91 Å². The molecule has 0 saturated carbocycles. The van der Waals surface area contributed by atoms with Gasteiger partial charge in [-0.15, -0.1) is 11.8 Å². The Morgan fingerprint density at radius 2 is 1.83 bits per heavy atom. The molecule has 24 heavy (non-hydrogen) atoms. The van der Waals surface area contributed by atoms with Crippen LogP contribution in [0.15, 0.2) is 58.5 Å². The van der Waals surface area contributed by atoms with E-state index in [0.29, 0.717) is 11.1 Å². The van der Waals surface area contributed by atoms with Crippen LogP contribution in [0.5, 0.6) is 0 Å². The number of carbonyl (C=O) groups excluding carboxylic acids is 2. The van der Waals surface area contributed by atoms with Gasteiger partial charge in [-0.05, 0) is 36.1 Å². The summed E-state index contributed by atoms with van der Waals surface area (Å²) < 4.78 is 0. The minimum absolute atomic E-state index is 0.201. The number of rotatable bonds is 5. The molecule has 2 aromatic carbocycles. The molecule has 2 amide bonds. The molecule has 0 heterocycles. The largest absolute Gasteiger partial charge is 0.288 e. The highest BCUT2D eigenvalue weighted by Gasteiger charge is 2.14. The number of thioether (sulfide) groups is 1. The van der Waals surface area contributed by atoms with Gasteiger partial charge >= 0.3 is 0 Å². The van der Waals surface area contributed by atoms with Crippen molar-refractivity contribution in [1.29, 1.82) is 0 Å². The lowest BCUT2D eigenvalue weighted by Gasteiger charge is -2.13. The molecule has 2 rings (SSSR count). The van der Waals surface area contributed by atoms with E-state index in [4.69, 9.17) is 5.21 Å². The van der Waals surface area contributed by atoms with Gasteiger partial charge in [0.15, 0.2) is 0 Å². The second-order valence-corrected chi connectivity index (χ2v) is 5.68. The summed E-state index contributed by atoms with van der Waals surface area (Å²) in [6.07, 6.45) is 3.44. The summed E-state index contributed by atoms with van der Waals surface area (Å²) in [5.41, 5.74) is 3.22. The summed E-state index contributed by atoms with van der Waals surface area (Å²) in [6.45, 7) is 0. The quantitative estimate of drug-likeness (QED) is 0.378. The van der Waals surface area contributed by atoms with Gasteiger partial charge in [-0.2, -0.15) is 5.10 Å². The number of benzene rings is 2. The van der Waals surface area contributed by atoms with Crippen LogP contribution in [0.3, 0.4) is 0 Å². The number of hydrazone groups is 1. The summed E-state index contributed by atoms with van der Waals surface area (Å²) in [7, 11) is 1.59. The van der Waals surface area contributed by atoms with Gasteiger partial charge in [-0.1, -0.05) is 24.3 Å². The van der Waals surface area contributed by atoms with Crippen molar-refractivity contribution in [3.8, 4) is 0 Å². The fourth-order valence-electron chi connectivity index (χ4n) is 1.99. The zero-order valence-corrected chi connectivity index (χ0v) is 14.1. The summed E-state index contributed by atoms with van der Waals surface area (Å²) >= 11 is 1.50. The molecule has 0 aliphatic rings. The maximum Gasteiger partial charge on any atom is 0.274 e. The van der Waals surface area contributed by atoms with E-state index in [1.54, 1.807) is 42.9 Å². The average Bonchev–Trinajstić information content (AvgIpc) is 2.65. The van der Waals surface area contributed by atoms with Crippen molar-refractivity contribution in [2.75, 3.05) is 13.3 Å². The van der Waals surface area contributed by atoms with Crippen LogP contribution in [-0.4, -0.2) is 41.5 Å². The van der Waals surface area contributed by atoms with E-state index in [1.165, 1.54) is 23.0 Å². The van der Waals surface area contributed by atoms with Crippen molar-refractivity contribution < 1.29 is 14.8 Å². The number of nitrogens with zero attached hydrogens (tertiary/aromatic N) is 2. The molecule has 0 aromatic heterocycles. The van der Waals surface area contributed by atoms with E-state index in [9.17, 15) is 9.59 Å². The van der Waals surface area contributed by atoms with Crippen molar-refractivity contribution in [1.82, 2.24) is 10.5 Å². The van der Waals surface area contributed by atoms with Crippen LogP contribution < -0.4 is 5.48 Å². The van der Waals surface area contributed by atoms with Crippen LogP contribution in [0.1, 0.15) is 26.3 Å². The van der Waals surface area contributed by atoms with Gasteiger partial charge in [0.05, 0.1) is 11.8 Å². The number of hydrogen-bond acceptors (Lipinski definition) is 5. The standard InChI is InChI=1S/C17H17N3O3S/c1-20(17(22)14-5-3-4-6-15(14)24-2)18-11-12-7-9-13(10-8-12)16(21)19-23/h3-11,23H,1-2H3,(H,19,21)/b18-11+. The van der Waals surface area contributed by atoms with E-state index >= 15 is 0 Å². The van der Waals surface area contributed by atoms with E-state index < -0.39 is 5.91 Å². The van der Waals surface area contributed by atoms with Crippen molar-refractivity contribution in [2.45, 2.75) is 4.90 Å². The Hall–Kier alpha value is -2.64. The number of hydroxylamine groups is 1. The van der Waals surface area contributed by atoms with Gasteiger partial charge in [0.1, 0.15) is 0 Å². The number of amides is 2. The Morgan fingerprint density at radius 1 is 1.17 bits per heavy atom. The van der Waals surface area contributed by atoms with Crippen LogP contribution in [0.4, 0.5) is 0 Å². The molecule has 2 aromatic rings. The van der Waals surface area contributed by atoms with Gasteiger partial charge in [-0.3, -0.25) is 14.8 Å². The first-order valence-corrected chi connectivity index (χ1v) is 8.29. The molecule has 0 aliphatic heterocycles. The lowest BCUT2D eigenvalue weighted by atomic mass is 10.1. The third-order valence-corrected chi connectivity index (χ3v) is 4.08. The number of carbonyl (C=O) groups is 2. The van der Waals surface area contributed by atoms with Crippen LogP contribution in [0, 0.1) is 0 Å². The predicted molar refractivity (Wildman–Crippen MR) is 93.6 cm³/mol. The van der Waals surface area contributed by atoms with E-state index in [1.807, 2.05) is 24.5 Å². The van der Waals surface area contributed by atoms with E-state index in [2.05, 4.69) is 5.10 Å². The van der Waals surface area contributed by atoms with Crippen molar-refractivity contribution in [2.24, 2.45) is 5.10 Å². The molecular formula is C17H17N3O3S. The molecular weight excluding hydrogens is 326 g/mol. The topological polar surface area (TPSA) is 82.0 Å². The molecule has 0 aliphatic carbocycles. The zero-order valence-electron chi connectivity index (χ0n) is 13.3. The second kappa shape index (κ2) is 8.28. The predicted octanol–water partition coefficient (Wildman–Crippen LogP) is 2.63. The molecule has 6 nitrogen and oxygen atoms in total.